The van der Waals surface area contributed by atoms with Crippen molar-refractivity contribution < 1.29 is 13.2 Å². The quantitative estimate of drug-likeness (QED) is 0.687. The van der Waals surface area contributed by atoms with Crippen LogP contribution in [0.5, 0.6) is 0 Å². The molecule has 0 saturated heterocycles. The maximum absolute atomic E-state index is 13.1. The first-order valence-corrected chi connectivity index (χ1v) is 5.78. The van der Waals surface area contributed by atoms with E-state index in [-0.39, 0.29) is 11.3 Å². The molecule has 0 spiro atoms. The van der Waals surface area contributed by atoms with Crippen LogP contribution in [0.1, 0.15) is 11.4 Å². The highest BCUT2D eigenvalue weighted by Gasteiger charge is 2.34. The number of halogens is 3. The molecule has 102 valence electrons. The molecule has 20 heavy (non-hydrogen) atoms. The minimum absolute atomic E-state index is 0.157. The maximum atomic E-state index is 13.1. The Labute approximate surface area is 111 Å². The van der Waals surface area contributed by atoms with Crippen molar-refractivity contribution in [2.45, 2.75) is 13.1 Å². The van der Waals surface area contributed by atoms with Crippen LogP contribution in [0.4, 0.5) is 13.2 Å². The Kier molecular flexibility index (Phi) is 2.70. The number of fused-ring (bicyclic) bond motifs is 1. The predicted octanol–water partition coefficient (Wildman–Crippen LogP) is 3.12. The summed E-state index contributed by atoms with van der Waals surface area (Å²) in [6.07, 6.45) is -0.529. The molecule has 0 unspecified atom stereocenters. The molecule has 0 amide bonds. The van der Waals surface area contributed by atoms with Gasteiger partial charge in [0, 0.05) is 17.5 Å². The number of pyridine rings is 1. The monoisotopic (exact) mass is 278 g/mol. The van der Waals surface area contributed by atoms with Gasteiger partial charge in [-0.2, -0.15) is 13.2 Å². The molecule has 0 aliphatic carbocycles. The van der Waals surface area contributed by atoms with Crippen LogP contribution in [-0.4, -0.2) is 19.4 Å². The molecule has 0 N–H and O–H groups in total. The normalized spacial score (nSPS) is 12.0. The second kappa shape index (κ2) is 4.29. The molecule has 3 heterocycles. The molecule has 0 radical (unpaired) electrons. The third kappa shape index (κ3) is 2.11. The van der Waals surface area contributed by atoms with E-state index in [1.807, 2.05) is 0 Å². The Morgan fingerprint density at radius 2 is 2.00 bits per heavy atom. The molecule has 0 aliphatic heterocycles. The van der Waals surface area contributed by atoms with E-state index in [4.69, 9.17) is 0 Å². The smallest absolute Gasteiger partial charge is 0.279 e. The summed E-state index contributed by atoms with van der Waals surface area (Å²) in [5.74, 6) is 0. The minimum Gasteiger partial charge on any atom is -0.279 e. The van der Waals surface area contributed by atoms with Crippen LogP contribution >= 0.6 is 0 Å². The van der Waals surface area contributed by atoms with Crippen LogP contribution in [0.15, 0.2) is 36.9 Å². The molecular weight excluding hydrogens is 269 g/mol. The fourth-order valence-electron chi connectivity index (χ4n) is 1.98. The van der Waals surface area contributed by atoms with Crippen molar-refractivity contribution in [3.05, 3.63) is 48.3 Å². The number of aromatic nitrogens is 4. The second-order valence-corrected chi connectivity index (χ2v) is 4.33. The molecule has 0 aliphatic rings. The highest BCUT2D eigenvalue weighted by Crippen LogP contribution is 2.32. The third-order valence-electron chi connectivity index (χ3n) is 2.87. The Bertz CT molecular complexity index is 777. The fourth-order valence-corrected chi connectivity index (χ4v) is 1.98. The summed E-state index contributed by atoms with van der Waals surface area (Å²) >= 11 is 0. The van der Waals surface area contributed by atoms with E-state index >= 15 is 0 Å². The Balaban J connectivity index is 2.27. The van der Waals surface area contributed by atoms with Crippen molar-refractivity contribution in [3.63, 3.8) is 0 Å². The van der Waals surface area contributed by atoms with Crippen LogP contribution in [0.3, 0.4) is 0 Å². The zero-order valence-corrected chi connectivity index (χ0v) is 10.4. The first-order valence-electron chi connectivity index (χ1n) is 5.78. The van der Waals surface area contributed by atoms with Gasteiger partial charge >= 0.3 is 6.18 Å². The van der Waals surface area contributed by atoms with E-state index in [1.54, 1.807) is 25.3 Å². The van der Waals surface area contributed by atoms with E-state index < -0.39 is 11.9 Å². The van der Waals surface area contributed by atoms with Crippen LogP contribution < -0.4 is 0 Å². The number of hydrogen-bond donors (Lipinski definition) is 0. The average Bonchev–Trinajstić information content (AvgIpc) is 2.84. The fraction of sp³-hybridized carbons (Fsp3) is 0.154. The summed E-state index contributed by atoms with van der Waals surface area (Å²) in [7, 11) is 0. The van der Waals surface area contributed by atoms with Gasteiger partial charge < -0.3 is 0 Å². The summed E-state index contributed by atoms with van der Waals surface area (Å²) in [5.41, 5.74) is 0.905. The Morgan fingerprint density at radius 1 is 1.20 bits per heavy atom. The summed E-state index contributed by atoms with van der Waals surface area (Å²) < 4.78 is 40.2. The van der Waals surface area contributed by atoms with Gasteiger partial charge in [0.05, 0.1) is 11.9 Å². The molecule has 7 heteroatoms. The maximum Gasteiger partial charge on any atom is 0.431 e. The lowest BCUT2D eigenvalue weighted by atomic mass is 10.1. The molecule has 4 nitrogen and oxygen atoms in total. The van der Waals surface area contributed by atoms with E-state index in [1.165, 1.54) is 6.20 Å². The highest BCUT2D eigenvalue weighted by molar-refractivity contribution is 5.62. The summed E-state index contributed by atoms with van der Waals surface area (Å²) in [6.45, 7) is 1.77. The van der Waals surface area contributed by atoms with Gasteiger partial charge in [-0.25, -0.2) is 9.97 Å². The highest BCUT2D eigenvalue weighted by atomic mass is 19.4. The number of imidazole rings is 1. The van der Waals surface area contributed by atoms with Gasteiger partial charge in [-0.15, -0.1) is 0 Å². The standard InChI is InChI=1S/C13H9F3N4/c1-8-4-9(2-3-18-8)10-5-11(13(14,15)16)20-7-17-6-12(20)19-10/h2-7H,1H3. The molecule has 0 bridgehead atoms. The average molecular weight is 278 g/mol. The summed E-state index contributed by atoms with van der Waals surface area (Å²) in [4.78, 5) is 11.9. The topological polar surface area (TPSA) is 43.1 Å². The molecule has 3 aromatic heterocycles. The van der Waals surface area contributed by atoms with Gasteiger partial charge in [0.1, 0.15) is 12.0 Å². The van der Waals surface area contributed by atoms with Crippen LogP contribution in [0, 0.1) is 6.92 Å². The van der Waals surface area contributed by atoms with E-state index in [2.05, 4.69) is 15.0 Å². The Hall–Kier alpha value is -2.44. The van der Waals surface area contributed by atoms with Crippen molar-refractivity contribution >= 4 is 5.65 Å². The van der Waals surface area contributed by atoms with Gasteiger partial charge in [-0.3, -0.25) is 9.38 Å². The summed E-state index contributed by atoms with van der Waals surface area (Å²) in [5, 5.41) is 0. The van der Waals surface area contributed by atoms with E-state index in [0.29, 0.717) is 11.3 Å². The van der Waals surface area contributed by atoms with Crippen molar-refractivity contribution in [2.75, 3.05) is 0 Å². The van der Waals surface area contributed by atoms with E-state index in [0.717, 1.165) is 16.8 Å². The minimum atomic E-state index is -4.47. The van der Waals surface area contributed by atoms with Crippen molar-refractivity contribution in [1.29, 1.82) is 0 Å². The SMILES string of the molecule is Cc1cc(-c2cc(C(F)(F)F)n3cncc3n2)ccn1. The van der Waals surface area contributed by atoms with Crippen molar-refractivity contribution in [3.8, 4) is 11.3 Å². The molecular formula is C13H9F3N4. The molecule has 0 saturated carbocycles. The number of rotatable bonds is 1. The molecule has 3 rings (SSSR count). The van der Waals surface area contributed by atoms with Gasteiger partial charge in [0.25, 0.3) is 0 Å². The first-order chi connectivity index (χ1) is 9.45. The van der Waals surface area contributed by atoms with Crippen molar-refractivity contribution in [2.24, 2.45) is 0 Å². The largest absolute Gasteiger partial charge is 0.431 e. The second-order valence-electron chi connectivity index (χ2n) is 4.33. The van der Waals surface area contributed by atoms with Crippen LogP contribution in [0.25, 0.3) is 16.9 Å². The lowest BCUT2D eigenvalue weighted by Crippen LogP contribution is -2.12. The van der Waals surface area contributed by atoms with Crippen LogP contribution in [-0.2, 0) is 6.18 Å². The lowest BCUT2D eigenvalue weighted by molar-refractivity contribution is -0.142. The number of aryl methyl sites for hydroxylation is 1. The van der Waals surface area contributed by atoms with E-state index in [9.17, 15) is 13.2 Å². The zero-order valence-electron chi connectivity index (χ0n) is 10.4. The zero-order chi connectivity index (χ0) is 14.3. The summed E-state index contributed by atoms with van der Waals surface area (Å²) in [6, 6.07) is 4.33. The van der Waals surface area contributed by atoms with Crippen molar-refractivity contribution in [1.82, 2.24) is 19.4 Å². The van der Waals surface area contributed by atoms with Gasteiger partial charge in [-0.05, 0) is 25.1 Å². The molecule has 3 aromatic rings. The Morgan fingerprint density at radius 3 is 2.70 bits per heavy atom. The first kappa shape index (κ1) is 12.6. The number of nitrogens with zero attached hydrogens (tertiary/aromatic N) is 4. The number of hydrogen-bond acceptors (Lipinski definition) is 3. The third-order valence-corrected chi connectivity index (χ3v) is 2.87. The molecule has 0 atom stereocenters. The number of alkyl halides is 3. The lowest BCUT2D eigenvalue weighted by Gasteiger charge is -2.11. The predicted molar refractivity (Wildman–Crippen MR) is 66.0 cm³/mol. The van der Waals surface area contributed by atoms with Crippen LogP contribution in [0.2, 0.25) is 0 Å². The molecule has 0 fully saturated rings. The molecule has 0 aromatic carbocycles. The van der Waals surface area contributed by atoms with Gasteiger partial charge in [0.2, 0.25) is 0 Å². The van der Waals surface area contributed by atoms with Gasteiger partial charge in [0.15, 0.2) is 5.65 Å². The van der Waals surface area contributed by atoms with Gasteiger partial charge in [-0.1, -0.05) is 0 Å².